The molecule has 2 saturated heterocycles. The number of piperidine rings is 2. The van der Waals surface area contributed by atoms with Crippen LogP contribution in [0.3, 0.4) is 0 Å². The molecule has 2 rings (SSSR count). The molecule has 0 saturated carbocycles. The second-order valence-electron chi connectivity index (χ2n) is 5.06. The van der Waals surface area contributed by atoms with Gasteiger partial charge in [-0.05, 0) is 25.8 Å². The Morgan fingerprint density at radius 2 is 2.29 bits per heavy atom. The molecule has 2 unspecified atom stereocenters. The summed E-state index contributed by atoms with van der Waals surface area (Å²) in [5.41, 5.74) is 0. The van der Waals surface area contributed by atoms with Crippen molar-refractivity contribution in [3.8, 4) is 0 Å². The average Bonchev–Trinajstić information content (AvgIpc) is 2.35. The van der Waals surface area contributed by atoms with Crippen LogP contribution < -0.4 is 10.6 Å². The Hall–Kier alpha value is -1.10. The molecule has 0 radical (unpaired) electrons. The third kappa shape index (κ3) is 3.19. The molecule has 0 bridgehead atoms. The van der Waals surface area contributed by atoms with Crippen LogP contribution >= 0.6 is 0 Å². The molecule has 0 spiro atoms. The molecule has 2 amide bonds. The fourth-order valence-electron chi connectivity index (χ4n) is 2.52. The lowest BCUT2D eigenvalue weighted by Gasteiger charge is -2.32. The first-order valence-electron chi connectivity index (χ1n) is 6.42. The molecule has 0 aromatic carbocycles. The van der Waals surface area contributed by atoms with Gasteiger partial charge < -0.3 is 15.5 Å². The lowest BCUT2D eigenvalue weighted by atomic mass is 9.97. The van der Waals surface area contributed by atoms with E-state index in [1.165, 1.54) is 0 Å². The lowest BCUT2D eigenvalue weighted by Crippen LogP contribution is -2.51. The maximum atomic E-state index is 12.0. The van der Waals surface area contributed by atoms with Gasteiger partial charge in [0.2, 0.25) is 11.8 Å². The van der Waals surface area contributed by atoms with Crippen LogP contribution in [0.5, 0.6) is 0 Å². The standard InChI is InChI=1S/C12H21N3O2/c1-15-8-10(4-5-11(15)16)14-12(17)9-3-2-6-13-7-9/h9-10,13H,2-8H2,1H3,(H,14,17). The Morgan fingerprint density at radius 3 is 2.94 bits per heavy atom. The molecule has 2 aliphatic rings. The van der Waals surface area contributed by atoms with Gasteiger partial charge in [-0.25, -0.2) is 0 Å². The van der Waals surface area contributed by atoms with Crippen molar-refractivity contribution >= 4 is 11.8 Å². The summed E-state index contributed by atoms with van der Waals surface area (Å²) in [5.74, 6) is 0.423. The van der Waals surface area contributed by atoms with Gasteiger partial charge in [0.25, 0.3) is 0 Å². The van der Waals surface area contributed by atoms with Crippen LogP contribution in [0.4, 0.5) is 0 Å². The highest BCUT2D eigenvalue weighted by Gasteiger charge is 2.27. The number of hydrogen-bond acceptors (Lipinski definition) is 3. The highest BCUT2D eigenvalue weighted by Crippen LogP contribution is 2.13. The monoisotopic (exact) mass is 239 g/mol. The van der Waals surface area contributed by atoms with E-state index in [1.807, 2.05) is 0 Å². The van der Waals surface area contributed by atoms with Gasteiger partial charge in [-0.2, -0.15) is 0 Å². The first-order valence-corrected chi connectivity index (χ1v) is 6.42. The third-order valence-electron chi connectivity index (χ3n) is 3.64. The van der Waals surface area contributed by atoms with Crippen LogP contribution in [0.25, 0.3) is 0 Å². The van der Waals surface area contributed by atoms with Crippen molar-refractivity contribution in [3.05, 3.63) is 0 Å². The Morgan fingerprint density at radius 1 is 1.47 bits per heavy atom. The normalized spacial score (nSPS) is 30.2. The zero-order chi connectivity index (χ0) is 12.3. The number of amides is 2. The zero-order valence-electron chi connectivity index (χ0n) is 10.4. The minimum atomic E-state index is 0.103. The summed E-state index contributed by atoms with van der Waals surface area (Å²) in [5, 5.41) is 6.31. The molecular weight excluding hydrogens is 218 g/mol. The molecule has 2 aliphatic heterocycles. The van der Waals surface area contributed by atoms with E-state index in [2.05, 4.69) is 10.6 Å². The number of nitrogens with zero attached hydrogens (tertiary/aromatic N) is 1. The summed E-state index contributed by atoms with van der Waals surface area (Å²) in [6, 6.07) is 0.132. The Balaban J connectivity index is 1.80. The maximum absolute atomic E-state index is 12.0. The van der Waals surface area contributed by atoms with Crippen molar-refractivity contribution in [1.29, 1.82) is 0 Å². The van der Waals surface area contributed by atoms with Crippen molar-refractivity contribution in [3.63, 3.8) is 0 Å². The van der Waals surface area contributed by atoms with Crippen molar-refractivity contribution in [2.75, 3.05) is 26.7 Å². The highest BCUT2D eigenvalue weighted by molar-refractivity contribution is 5.80. The second kappa shape index (κ2) is 5.49. The molecule has 2 atom stereocenters. The molecule has 5 heteroatoms. The Kier molecular flexibility index (Phi) is 3.99. The third-order valence-corrected chi connectivity index (χ3v) is 3.64. The second-order valence-corrected chi connectivity index (χ2v) is 5.06. The highest BCUT2D eigenvalue weighted by atomic mass is 16.2. The number of hydrogen-bond donors (Lipinski definition) is 2. The first kappa shape index (κ1) is 12.4. The van der Waals surface area contributed by atoms with Gasteiger partial charge in [0, 0.05) is 32.6 Å². The van der Waals surface area contributed by atoms with Crippen molar-refractivity contribution in [2.45, 2.75) is 31.7 Å². The average molecular weight is 239 g/mol. The predicted molar refractivity (Wildman–Crippen MR) is 64.4 cm³/mol. The number of rotatable bonds is 2. The van der Waals surface area contributed by atoms with Crippen LogP contribution in [-0.4, -0.2) is 49.4 Å². The summed E-state index contributed by atoms with van der Waals surface area (Å²) in [7, 11) is 1.79. The smallest absolute Gasteiger partial charge is 0.224 e. The Labute approximate surface area is 102 Å². The van der Waals surface area contributed by atoms with Gasteiger partial charge in [-0.15, -0.1) is 0 Å². The molecule has 2 heterocycles. The maximum Gasteiger partial charge on any atom is 0.224 e. The summed E-state index contributed by atoms with van der Waals surface area (Å²) in [6.07, 6.45) is 3.36. The van der Waals surface area contributed by atoms with Crippen LogP contribution in [0.2, 0.25) is 0 Å². The largest absolute Gasteiger partial charge is 0.351 e. The molecule has 2 fully saturated rings. The number of carbonyl (C=O) groups excluding carboxylic acids is 2. The van der Waals surface area contributed by atoms with E-state index in [-0.39, 0.29) is 23.8 Å². The molecule has 0 aliphatic carbocycles. The van der Waals surface area contributed by atoms with E-state index in [0.717, 1.165) is 32.4 Å². The van der Waals surface area contributed by atoms with Crippen molar-refractivity contribution in [2.24, 2.45) is 5.92 Å². The van der Waals surface area contributed by atoms with Crippen LogP contribution in [0.15, 0.2) is 0 Å². The minimum absolute atomic E-state index is 0.103. The minimum Gasteiger partial charge on any atom is -0.351 e. The van der Waals surface area contributed by atoms with E-state index >= 15 is 0 Å². The predicted octanol–water partition coefficient (Wildman–Crippen LogP) is -0.277. The molecule has 0 aromatic rings. The summed E-state index contributed by atoms with van der Waals surface area (Å²) in [4.78, 5) is 25.0. The lowest BCUT2D eigenvalue weighted by molar-refractivity contribution is -0.134. The summed E-state index contributed by atoms with van der Waals surface area (Å²) < 4.78 is 0. The van der Waals surface area contributed by atoms with E-state index < -0.39 is 0 Å². The molecule has 96 valence electrons. The molecule has 0 aromatic heterocycles. The van der Waals surface area contributed by atoms with E-state index in [1.54, 1.807) is 11.9 Å². The van der Waals surface area contributed by atoms with Gasteiger partial charge in [-0.1, -0.05) is 0 Å². The fraction of sp³-hybridized carbons (Fsp3) is 0.833. The number of carbonyl (C=O) groups is 2. The zero-order valence-corrected chi connectivity index (χ0v) is 10.4. The fourth-order valence-corrected chi connectivity index (χ4v) is 2.52. The molecular formula is C12H21N3O2. The Bertz CT molecular complexity index is 300. The van der Waals surface area contributed by atoms with E-state index in [4.69, 9.17) is 0 Å². The topological polar surface area (TPSA) is 61.4 Å². The van der Waals surface area contributed by atoms with Gasteiger partial charge in [-0.3, -0.25) is 9.59 Å². The molecule has 17 heavy (non-hydrogen) atoms. The van der Waals surface area contributed by atoms with Crippen LogP contribution in [0, 0.1) is 5.92 Å². The summed E-state index contributed by atoms with van der Waals surface area (Å²) >= 11 is 0. The number of nitrogens with one attached hydrogen (secondary N) is 2. The van der Waals surface area contributed by atoms with Crippen LogP contribution in [-0.2, 0) is 9.59 Å². The van der Waals surface area contributed by atoms with Gasteiger partial charge >= 0.3 is 0 Å². The van der Waals surface area contributed by atoms with E-state index in [9.17, 15) is 9.59 Å². The van der Waals surface area contributed by atoms with Gasteiger partial charge in [0.05, 0.1) is 5.92 Å². The first-order chi connectivity index (χ1) is 8.16. The number of likely N-dealkylation sites (N-methyl/N-ethyl adjacent to an activating group) is 1. The summed E-state index contributed by atoms with van der Waals surface area (Å²) in [6.45, 7) is 2.45. The number of likely N-dealkylation sites (tertiary alicyclic amines) is 1. The quantitative estimate of drug-likeness (QED) is 0.697. The molecule has 2 N–H and O–H groups in total. The molecule has 5 nitrogen and oxygen atoms in total. The van der Waals surface area contributed by atoms with Crippen LogP contribution in [0.1, 0.15) is 25.7 Å². The SMILES string of the molecule is CN1CC(NC(=O)C2CCCNC2)CCC1=O. The van der Waals surface area contributed by atoms with Crippen molar-refractivity contribution in [1.82, 2.24) is 15.5 Å². The van der Waals surface area contributed by atoms with E-state index in [0.29, 0.717) is 13.0 Å². The van der Waals surface area contributed by atoms with Crippen molar-refractivity contribution < 1.29 is 9.59 Å². The van der Waals surface area contributed by atoms with Gasteiger partial charge in [0.15, 0.2) is 0 Å². The van der Waals surface area contributed by atoms with Gasteiger partial charge in [0.1, 0.15) is 0 Å².